The standard InChI is InChI=1S/C22H34O2/c1-5-6-7-8-13-22(3,4)17-10-12-19(21(24)14-17)20-15-18(23)11-9-16(20)2/h10,12,14,16,20,24H,5-9,11,13,15H2,1-4H3/t16-,20-/m1/s1. The number of hydrogen-bond donors (Lipinski definition) is 1. The lowest BCUT2D eigenvalue weighted by atomic mass is 9.74. The molecule has 1 N–H and O–H groups in total. The van der Waals surface area contributed by atoms with E-state index in [0.29, 0.717) is 30.3 Å². The summed E-state index contributed by atoms with van der Waals surface area (Å²) in [4.78, 5) is 11.8. The van der Waals surface area contributed by atoms with Gasteiger partial charge in [0.15, 0.2) is 0 Å². The molecular formula is C22H34O2. The van der Waals surface area contributed by atoms with E-state index in [1.807, 2.05) is 6.07 Å². The average molecular weight is 331 g/mol. The van der Waals surface area contributed by atoms with E-state index in [2.05, 4.69) is 39.8 Å². The molecule has 1 aliphatic carbocycles. The van der Waals surface area contributed by atoms with Crippen molar-refractivity contribution in [2.45, 2.75) is 90.4 Å². The van der Waals surface area contributed by atoms with Crippen LogP contribution < -0.4 is 0 Å². The fourth-order valence-corrected chi connectivity index (χ4v) is 3.97. The van der Waals surface area contributed by atoms with Gasteiger partial charge in [0.1, 0.15) is 11.5 Å². The van der Waals surface area contributed by atoms with Gasteiger partial charge in [-0.2, -0.15) is 0 Å². The summed E-state index contributed by atoms with van der Waals surface area (Å²) in [5.41, 5.74) is 2.24. The third-order valence-corrected chi connectivity index (χ3v) is 5.88. The van der Waals surface area contributed by atoms with Crippen LogP contribution in [0, 0.1) is 5.92 Å². The maximum Gasteiger partial charge on any atom is 0.133 e. The highest BCUT2D eigenvalue weighted by Gasteiger charge is 2.30. The maximum absolute atomic E-state index is 11.8. The van der Waals surface area contributed by atoms with E-state index >= 15 is 0 Å². The second-order valence-electron chi connectivity index (χ2n) is 8.33. The zero-order valence-corrected chi connectivity index (χ0v) is 15.9. The van der Waals surface area contributed by atoms with Crippen LogP contribution in [0.2, 0.25) is 0 Å². The van der Waals surface area contributed by atoms with Crippen LogP contribution in [0.15, 0.2) is 18.2 Å². The molecular weight excluding hydrogens is 296 g/mol. The Morgan fingerprint density at radius 2 is 1.96 bits per heavy atom. The number of phenolic OH excluding ortho intramolecular Hbond substituents is 1. The van der Waals surface area contributed by atoms with Crippen LogP contribution in [0.5, 0.6) is 5.75 Å². The van der Waals surface area contributed by atoms with Crippen molar-refractivity contribution in [3.05, 3.63) is 29.3 Å². The molecule has 2 nitrogen and oxygen atoms in total. The first-order valence-corrected chi connectivity index (χ1v) is 9.70. The lowest BCUT2D eigenvalue weighted by Gasteiger charge is -2.30. The Hall–Kier alpha value is -1.31. The number of carbonyl (C=O) groups is 1. The van der Waals surface area contributed by atoms with Crippen molar-refractivity contribution in [1.29, 1.82) is 0 Å². The molecule has 1 fully saturated rings. The molecule has 2 atom stereocenters. The van der Waals surface area contributed by atoms with Crippen LogP contribution >= 0.6 is 0 Å². The fourth-order valence-electron chi connectivity index (χ4n) is 3.97. The predicted octanol–water partition coefficient (Wildman–Crippen LogP) is 6.11. The van der Waals surface area contributed by atoms with Gasteiger partial charge in [0.2, 0.25) is 0 Å². The minimum absolute atomic E-state index is 0.0811. The minimum Gasteiger partial charge on any atom is -0.508 e. The number of carbonyl (C=O) groups excluding carboxylic acids is 1. The largest absolute Gasteiger partial charge is 0.508 e. The first kappa shape index (κ1) is 19.0. The monoisotopic (exact) mass is 330 g/mol. The lowest BCUT2D eigenvalue weighted by molar-refractivity contribution is -0.121. The highest BCUT2D eigenvalue weighted by molar-refractivity contribution is 5.80. The van der Waals surface area contributed by atoms with E-state index in [9.17, 15) is 9.90 Å². The molecule has 1 aromatic carbocycles. The Morgan fingerprint density at radius 3 is 2.62 bits per heavy atom. The molecule has 0 aromatic heterocycles. The molecule has 0 radical (unpaired) electrons. The van der Waals surface area contributed by atoms with Crippen LogP contribution in [-0.4, -0.2) is 10.9 Å². The zero-order chi connectivity index (χ0) is 17.7. The number of Topliss-reactive ketones (excluding diaryl/α,β-unsaturated/α-hetero) is 1. The summed E-state index contributed by atoms with van der Waals surface area (Å²) in [6.45, 7) is 8.96. The molecule has 1 saturated carbocycles. The molecule has 1 aromatic rings. The van der Waals surface area contributed by atoms with Crippen molar-refractivity contribution in [2.24, 2.45) is 5.92 Å². The van der Waals surface area contributed by atoms with Gasteiger partial charge in [-0.1, -0.05) is 65.5 Å². The van der Waals surface area contributed by atoms with Crippen LogP contribution in [0.3, 0.4) is 0 Å². The van der Waals surface area contributed by atoms with Gasteiger partial charge in [-0.25, -0.2) is 0 Å². The van der Waals surface area contributed by atoms with Gasteiger partial charge in [-0.3, -0.25) is 4.79 Å². The summed E-state index contributed by atoms with van der Waals surface area (Å²) in [7, 11) is 0. The Balaban J connectivity index is 2.12. The first-order valence-electron chi connectivity index (χ1n) is 9.70. The fraction of sp³-hybridized carbons (Fsp3) is 0.682. The number of phenols is 1. The normalized spacial score (nSPS) is 21.9. The Morgan fingerprint density at radius 1 is 1.21 bits per heavy atom. The second-order valence-corrected chi connectivity index (χ2v) is 8.33. The summed E-state index contributed by atoms with van der Waals surface area (Å²) in [5, 5.41) is 10.6. The lowest BCUT2D eigenvalue weighted by Crippen LogP contribution is -2.22. The quantitative estimate of drug-likeness (QED) is 0.612. The topological polar surface area (TPSA) is 37.3 Å². The molecule has 0 aliphatic heterocycles. The molecule has 0 saturated heterocycles. The Bertz CT molecular complexity index is 559. The van der Waals surface area contributed by atoms with Gasteiger partial charge >= 0.3 is 0 Å². The molecule has 0 bridgehead atoms. The van der Waals surface area contributed by atoms with Gasteiger partial charge in [0.25, 0.3) is 0 Å². The van der Waals surface area contributed by atoms with E-state index in [4.69, 9.17) is 0 Å². The molecule has 0 spiro atoms. The number of ketones is 1. The second kappa shape index (κ2) is 8.18. The number of unbranched alkanes of at least 4 members (excludes halogenated alkanes) is 3. The SMILES string of the molecule is CCCCCCC(C)(C)c1ccc([C@@H]2CC(=O)CC[C@H]2C)c(O)c1. The highest BCUT2D eigenvalue weighted by atomic mass is 16.3. The van der Waals surface area contributed by atoms with Crippen molar-refractivity contribution in [1.82, 2.24) is 0 Å². The summed E-state index contributed by atoms with van der Waals surface area (Å²) in [6.07, 6.45) is 8.43. The first-order chi connectivity index (χ1) is 11.3. The summed E-state index contributed by atoms with van der Waals surface area (Å²) in [6, 6.07) is 6.18. The molecule has 0 heterocycles. The minimum atomic E-state index is 0.0811. The molecule has 0 amide bonds. The summed E-state index contributed by atoms with van der Waals surface area (Å²) < 4.78 is 0. The molecule has 24 heavy (non-hydrogen) atoms. The Kier molecular flexibility index (Phi) is 6.48. The van der Waals surface area contributed by atoms with E-state index in [-0.39, 0.29) is 11.3 Å². The third kappa shape index (κ3) is 4.62. The molecule has 2 rings (SSSR count). The van der Waals surface area contributed by atoms with Crippen molar-refractivity contribution in [3.8, 4) is 5.75 Å². The smallest absolute Gasteiger partial charge is 0.133 e. The molecule has 1 aliphatic rings. The number of aromatic hydroxyl groups is 1. The number of benzene rings is 1. The third-order valence-electron chi connectivity index (χ3n) is 5.88. The van der Waals surface area contributed by atoms with Gasteiger partial charge < -0.3 is 5.11 Å². The maximum atomic E-state index is 11.8. The van der Waals surface area contributed by atoms with E-state index in [1.165, 1.54) is 31.2 Å². The zero-order valence-electron chi connectivity index (χ0n) is 15.9. The van der Waals surface area contributed by atoms with Gasteiger partial charge in [-0.15, -0.1) is 0 Å². The van der Waals surface area contributed by atoms with Crippen molar-refractivity contribution in [3.63, 3.8) is 0 Å². The summed E-state index contributed by atoms with van der Waals surface area (Å²) >= 11 is 0. The molecule has 2 heteroatoms. The number of rotatable bonds is 7. The molecule has 0 unspecified atom stereocenters. The molecule has 134 valence electrons. The van der Waals surface area contributed by atoms with E-state index < -0.39 is 0 Å². The summed E-state index contributed by atoms with van der Waals surface area (Å²) in [5.74, 6) is 1.34. The average Bonchev–Trinajstić information content (AvgIpc) is 2.54. The van der Waals surface area contributed by atoms with Gasteiger partial charge in [0, 0.05) is 12.8 Å². The highest BCUT2D eigenvalue weighted by Crippen LogP contribution is 2.41. The van der Waals surface area contributed by atoms with Crippen LogP contribution in [-0.2, 0) is 10.2 Å². The predicted molar refractivity (Wildman–Crippen MR) is 101 cm³/mol. The van der Waals surface area contributed by atoms with Crippen molar-refractivity contribution in [2.75, 3.05) is 0 Å². The van der Waals surface area contributed by atoms with Crippen LogP contribution in [0.4, 0.5) is 0 Å². The van der Waals surface area contributed by atoms with E-state index in [1.54, 1.807) is 0 Å². The van der Waals surface area contributed by atoms with Crippen molar-refractivity contribution < 1.29 is 9.90 Å². The van der Waals surface area contributed by atoms with Crippen LogP contribution in [0.25, 0.3) is 0 Å². The van der Waals surface area contributed by atoms with Gasteiger partial charge in [-0.05, 0) is 47.3 Å². The number of hydrogen-bond acceptors (Lipinski definition) is 2. The van der Waals surface area contributed by atoms with Gasteiger partial charge in [0.05, 0.1) is 0 Å². The van der Waals surface area contributed by atoms with Crippen molar-refractivity contribution >= 4 is 5.78 Å². The van der Waals surface area contributed by atoms with E-state index in [0.717, 1.165) is 18.4 Å². The van der Waals surface area contributed by atoms with Crippen LogP contribution in [0.1, 0.15) is 96.1 Å². The Labute approximate surface area is 147 Å².